The zero-order chi connectivity index (χ0) is 17.5. The van der Waals surface area contributed by atoms with E-state index in [-0.39, 0.29) is 24.0 Å². The van der Waals surface area contributed by atoms with Crippen molar-refractivity contribution in [1.29, 1.82) is 0 Å². The number of methoxy groups -OCH3 is 1. The molecule has 0 saturated carbocycles. The van der Waals surface area contributed by atoms with Crippen molar-refractivity contribution in [1.82, 2.24) is 9.80 Å². The van der Waals surface area contributed by atoms with Crippen molar-refractivity contribution in [3.05, 3.63) is 29.6 Å². The van der Waals surface area contributed by atoms with Crippen LogP contribution in [-0.4, -0.2) is 54.9 Å². The summed E-state index contributed by atoms with van der Waals surface area (Å²) in [5, 5.41) is 0. The number of halogens is 1. The van der Waals surface area contributed by atoms with Crippen molar-refractivity contribution in [3.8, 4) is 5.75 Å². The summed E-state index contributed by atoms with van der Waals surface area (Å²) in [6.45, 7) is 4.42. The normalized spacial score (nSPS) is 15.1. The second-order valence-corrected chi connectivity index (χ2v) is 6.01. The van der Waals surface area contributed by atoms with Crippen molar-refractivity contribution in [3.63, 3.8) is 0 Å². The van der Waals surface area contributed by atoms with Gasteiger partial charge in [-0.2, -0.15) is 0 Å². The van der Waals surface area contributed by atoms with Gasteiger partial charge in [-0.15, -0.1) is 0 Å². The number of carbonyl (C=O) groups excluding carboxylic acids is 2. The van der Waals surface area contributed by atoms with Gasteiger partial charge >= 0.3 is 0 Å². The van der Waals surface area contributed by atoms with Crippen molar-refractivity contribution >= 4 is 11.8 Å². The Kier molecular flexibility index (Phi) is 6.58. The van der Waals surface area contributed by atoms with Gasteiger partial charge in [0.05, 0.1) is 13.5 Å². The van der Waals surface area contributed by atoms with E-state index in [1.807, 2.05) is 11.8 Å². The smallest absolute Gasteiger partial charge is 0.227 e. The van der Waals surface area contributed by atoms with Crippen LogP contribution in [0.25, 0.3) is 0 Å². The number of amides is 2. The molecule has 0 N–H and O–H groups in total. The maximum absolute atomic E-state index is 13.7. The van der Waals surface area contributed by atoms with Crippen molar-refractivity contribution in [2.75, 3.05) is 33.3 Å². The van der Waals surface area contributed by atoms with Crippen molar-refractivity contribution < 1.29 is 18.7 Å². The van der Waals surface area contributed by atoms with E-state index in [1.165, 1.54) is 19.2 Å². The molecule has 1 fully saturated rings. The van der Waals surface area contributed by atoms with Gasteiger partial charge in [0.1, 0.15) is 0 Å². The molecule has 0 aliphatic carbocycles. The summed E-state index contributed by atoms with van der Waals surface area (Å²) in [7, 11) is 1.41. The van der Waals surface area contributed by atoms with Crippen LogP contribution >= 0.6 is 0 Å². The van der Waals surface area contributed by atoms with Gasteiger partial charge in [-0.3, -0.25) is 9.59 Å². The molecule has 1 aliphatic rings. The number of hydrogen-bond donors (Lipinski definition) is 0. The number of hydrogen-bond acceptors (Lipinski definition) is 3. The summed E-state index contributed by atoms with van der Waals surface area (Å²) in [6.07, 6.45) is 2.32. The van der Waals surface area contributed by atoms with Gasteiger partial charge < -0.3 is 14.5 Å². The zero-order valence-corrected chi connectivity index (χ0v) is 14.4. The second kappa shape index (κ2) is 8.66. The van der Waals surface area contributed by atoms with Crippen LogP contribution in [0.5, 0.6) is 5.75 Å². The SMILES string of the molecule is CCCC(=O)N1CCCN(C(=O)Cc2ccc(OC)c(F)c2)CC1. The molecule has 1 aromatic rings. The molecule has 0 radical (unpaired) electrons. The first-order valence-electron chi connectivity index (χ1n) is 8.43. The average molecular weight is 336 g/mol. The highest BCUT2D eigenvalue weighted by Crippen LogP contribution is 2.18. The number of nitrogens with zero attached hydrogens (tertiary/aromatic N) is 2. The van der Waals surface area contributed by atoms with E-state index in [2.05, 4.69) is 0 Å². The van der Waals surface area contributed by atoms with Crippen LogP contribution in [0.3, 0.4) is 0 Å². The van der Waals surface area contributed by atoms with E-state index >= 15 is 0 Å². The van der Waals surface area contributed by atoms with Crippen LogP contribution in [0.2, 0.25) is 0 Å². The van der Waals surface area contributed by atoms with Gasteiger partial charge in [0, 0.05) is 32.6 Å². The summed E-state index contributed by atoms with van der Waals surface area (Å²) in [4.78, 5) is 28.0. The molecule has 0 bridgehead atoms. The monoisotopic (exact) mass is 336 g/mol. The highest BCUT2D eigenvalue weighted by atomic mass is 19.1. The van der Waals surface area contributed by atoms with E-state index in [1.54, 1.807) is 11.0 Å². The van der Waals surface area contributed by atoms with Crippen LogP contribution < -0.4 is 4.74 Å². The molecule has 6 heteroatoms. The number of carbonyl (C=O) groups is 2. The first-order valence-corrected chi connectivity index (χ1v) is 8.43. The lowest BCUT2D eigenvalue weighted by atomic mass is 10.1. The largest absolute Gasteiger partial charge is 0.494 e. The molecule has 2 amide bonds. The lowest BCUT2D eigenvalue weighted by molar-refractivity contribution is -0.133. The van der Waals surface area contributed by atoms with Crippen LogP contribution in [0.1, 0.15) is 31.7 Å². The first kappa shape index (κ1) is 18.2. The third kappa shape index (κ3) is 4.69. The predicted molar refractivity (Wildman–Crippen MR) is 89.3 cm³/mol. The fourth-order valence-electron chi connectivity index (χ4n) is 2.89. The molecule has 1 aromatic carbocycles. The molecule has 0 unspecified atom stereocenters. The Morgan fingerprint density at radius 2 is 1.79 bits per heavy atom. The number of rotatable bonds is 5. The minimum atomic E-state index is -0.463. The predicted octanol–water partition coefficient (Wildman–Crippen LogP) is 2.24. The Balaban J connectivity index is 1.93. The van der Waals surface area contributed by atoms with Crippen molar-refractivity contribution in [2.24, 2.45) is 0 Å². The summed E-state index contributed by atoms with van der Waals surface area (Å²) >= 11 is 0. The second-order valence-electron chi connectivity index (χ2n) is 6.01. The molecule has 1 aliphatic heterocycles. The van der Waals surface area contributed by atoms with Gasteiger partial charge in [0.15, 0.2) is 11.6 Å². The van der Waals surface area contributed by atoms with Crippen LogP contribution in [0.15, 0.2) is 18.2 Å². The quantitative estimate of drug-likeness (QED) is 0.828. The molecule has 1 heterocycles. The van der Waals surface area contributed by atoms with E-state index in [4.69, 9.17) is 4.74 Å². The van der Waals surface area contributed by atoms with E-state index < -0.39 is 5.82 Å². The first-order chi connectivity index (χ1) is 11.5. The molecule has 0 aromatic heterocycles. The Bertz CT molecular complexity index is 592. The Hall–Kier alpha value is -2.11. The Labute approximate surface area is 142 Å². The van der Waals surface area contributed by atoms with E-state index in [0.29, 0.717) is 38.2 Å². The minimum Gasteiger partial charge on any atom is -0.494 e. The van der Waals surface area contributed by atoms with Gasteiger partial charge in [-0.25, -0.2) is 4.39 Å². The molecule has 2 rings (SSSR count). The van der Waals surface area contributed by atoms with Crippen LogP contribution in [0, 0.1) is 5.82 Å². The average Bonchev–Trinajstić information content (AvgIpc) is 2.81. The zero-order valence-electron chi connectivity index (χ0n) is 14.4. The van der Waals surface area contributed by atoms with Crippen LogP contribution in [-0.2, 0) is 16.0 Å². The number of ether oxygens (including phenoxy) is 1. The maximum Gasteiger partial charge on any atom is 0.227 e. The molecule has 0 atom stereocenters. The Morgan fingerprint density at radius 3 is 2.38 bits per heavy atom. The standard InChI is InChI=1S/C18H25FN2O3/c1-3-5-17(22)20-8-4-9-21(11-10-20)18(23)13-14-6-7-16(24-2)15(19)12-14/h6-7,12H,3-5,8-11,13H2,1-2H3. The van der Waals surface area contributed by atoms with Crippen molar-refractivity contribution in [2.45, 2.75) is 32.6 Å². The summed E-state index contributed by atoms with van der Waals surface area (Å²) < 4.78 is 18.6. The number of benzene rings is 1. The Morgan fingerprint density at radius 1 is 1.12 bits per heavy atom. The molecular weight excluding hydrogens is 311 g/mol. The third-order valence-corrected chi connectivity index (χ3v) is 4.24. The molecular formula is C18H25FN2O3. The van der Waals surface area contributed by atoms with Crippen LogP contribution in [0.4, 0.5) is 4.39 Å². The highest BCUT2D eigenvalue weighted by Gasteiger charge is 2.21. The topological polar surface area (TPSA) is 49.9 Å². The van der Waals surface area contributed by atoms with E-state index in [0.717, 1.165) is 12.8 Å². The van der Waals surface area contributed by atoms with E-state index in [9.17, 15) is 14.0 Å². The lowest BCUT2D eigenvalue weighted by Crippen LogP contribution is -2.37. The molecule has 0 spiro atoms. The molecule has 1 saturated heterocycles. The fourth-order valence-corrected chi connectivity index (χ4v) is 2.89. The maximum atomic E-state index is 13.7. The summed E-state index contributed by atoms with van der Waals surface area (Å²) in [6, 6.07) is 4.58. The van der Waals surface area contributed by atoms with Gasteiger partial charge in [0.25, 0.3) is 0 Å². The minimum absolute atomic E-state index is 0.0376. The van der Waals surface area contributed by atoms with Gasteiger partial charge in [-0.1, -0.05) is 13.0 Å². The van der Waals surface area contributed by atoms with Gasteiger partial charge in [0.2, 0.25) is 11.8 Å². The molecule has 5 nitrogen and oxygen atoms in total. The lowest BCUT2D eigenvalue weighted by Gasteiger charge is -2.22. The third-order valence-electron chi connectivity index (χ3n) is 4.24. The highest BCUT2D eigenvalue weighted by molar-refractivity contribution is 5.79. The summed E-state index contributed by atoms with van der Waals surface area (Å²) in [5.74, 6) is -0.172. The fraction of sp³-hybridized carbons (Fsp3) is 0.556. The molecule has 24 heavy (non-hydrogen) atoms. The molecule has 132 valence electrons. The summed E-state index contributed by atoms with van der Waals surface area (Å²) in [5.41, 5.74) is 0.626. The van der Waals surface area contributed by atoms with Gasteiger partial charge in [-0.05, 0) is 30.5 Å².